The third-order valence-corrected chi connectivity index (χ3v) is 2.77. The van der Waals surface area contributed by atoms with Crippen LogP contribution in [0.15, 0.2) is 55.4 Å². The van der Waals surface area contributed by atoms with Gasteiger partial charge in [-0.05, 0) is 17.7 Å². The van der Waals surface area contributed by atoms with Crippen molar-refractivity contribution in [3.8, 4) is 11.1 Å². The summed E-state index contributed by atoms with van der Waals surface area (Å²) in [6.45, 7) is 0. The number of aromatic amines is 1. The number of rotatable bonds is 3. The zero-order valence-corrected chi connectivity index (χ0v) is 10.4. The lowest BCUT2D eigenvalue weighted by molar-refractivity contribution is 0.102. The number of hydrogen-bond acceptors (Lipinski definition) is 4. The van der Waals surface area contributed by atoms with Crippen molar-refractivity contribution in [1.29, 1.82) is 0 Å². The summed E-state index contributed by atoms with van der Waals surface area (Å²) in [6, 6.07) is 7.50. The number of anilines is 1. The smallest absolute Gasteiger partial charge is 0.258 e. The topological polar surface area (TPSA) is 83.6 Å². The highest BCUT2D eigenvalue weighted by atomic mass is 16.1. The molecule has 0 radical (unpaired) electrons. The molecule has 2 heterocycles. The molecule has 20 heavy (non-hydrogen) atoms. The van der Waals surface area contributed by atoms with Crippen molar-refractivity contribution >= 4 is 11.6 Å². The van der Waals surface area contributed by atoms with Gasteiger partial charge in [0.2, 0.25) is 0 Å². The third-order valence-electron chi connectivity index (χ3n) is 2.77. The largest absolute Gasteiger partial charge is 0.322 e. The van der Waals surface area contributed by atoms with Crippen molar-refractivity contribution < 1.29 is 4.79 Å². The summed E-state index contributed by atoms with van der Waals surface area (Å²) in [5, 5.41) is 9.17. The van der Waals surface area contributed by atoms with Crippen LogP contribution in [-0.4, -0.2) is 26.1 Å². The van der Waals surface area contributed by atoms with Gasteiger partial charge in [0.15, 0.2) is 0 Å². The average molecular weight is 265 g/mol. The number of carbonyl (C=O) groups is 1. The van der Waals surface area contributed by atoms with Gasteiger partial charge >= 0.3 is 0 Å². The van der Waals surface area contributed by atoms with Crippen molar-refractivity contribution in [2.45, 2.75) is 0 Å². The SMILES string of the molecule is O=C(Nc1cccc(-c2cncnc2)c1)c1cn[nH]c1. The van der Waals surface area contributed by atoms with Gasteiger partial charge in [0.25, 0.3) is 5.91 Å². The second kappa shape index (κ2) is 5.31. The Hall–Kier alpha value is -3.02. The van der Waals surface area contributed by atoms with Crippen LogP contribution in [0.1, 0.15) is 10.4 Å². The van der Waals surface area contributed by atoms with Crippen LogP contribution in [0.4, 0.5) is 5.69 Å². The van der Waals surface area contributed by atoms with E-state index in [0.717, 1.165) is 11.1 Å². The summed E-state index contributed by atoms with van der Waals surface area (Å²) >= 11 is 0. The lowest BCUT2D eigenvalue weighted by Gasteiger charge is -2.06. The summed E-state index contributed by atoms with van der Waals surface area (Å²) < 4.78 is 0. The number of H-pyrrole nitrogens is 1. The van der Waals surface area contributed by atoms with E-state index in [1.807, 2.05) is 24.3 Å². The van der Waals surface area contributed by atoms with E-state index in [9.17, 15) is 4.79 Å². The van der Waals surface area contributed by atoms with E-state index in [1.165, 1.54) is 12.5 Å². The quantitative estimate of drug-likeness (QED) is 0.759. The predicted octanol–water partition coefficient (Wildman–Crippen LogP) is 2.12. The lowest BCUT2D eigenvalue weighted by atomic mass is 10.1. The highest BCUT2D eigenvalue weighted by Gasteiger charge is 2.07. The molecule has 0 aliphatic carbocycles. The van der Waals surface area contributed by atoms with Gasteiger partial charge in [0.1, 0.15) is 6.33 Å². The fraction of sp³-hybridized carbons (Fsp3) is 0. The Labute approximate surface area is 114 Å². The molecule has 0 bridgehead atoms. The summed E-state index contributed by atoms with van der Waals surface area (Å²) in [5.41, 5.74) is 3.03. The number of benzene rings is 1. The molecule has 3 rings (SSSR count). The maximum Gasteiger partial charge on any atom is 0.258 e. The minimum absolute atomic E-state index is 0.208. The number of aromatic nitrogens is 4. The molecule has 0 atom stereocenters. The first-order chi connectivity index (χ1) is 9.83. The van der Waals surface area contributed by atoms with E-state index >= 15 is 0 Å². The number of amides is 1. The molecule has 2 N–H and O–H groups in total. The molecule has 0 unspecified atom stereocenters. The van der Waals surface area contributed by atoms with Crippen LogP contribution >= 0.6 is 0 Å². The molecule has 0 saturated heterocycles. The molecule has 0 fully saturated rings. The van der Waals surface area contributed by atoms with Gasteiger partial charge in [-0.1, -0.05) is 12.1 Å². The van der Waals surface area contributed by atoms with Gasteiger partial charge in [-0.2, -0.15) is 5.10 Å². The lowest BCUT2D eigenvalue weighted by Crippen LogP contribution is -2.10. The fourth-order valence-electron chi connectivity index (χ4n) is 1.80. The van der Waals surface area contributed by atoms with Crippen LogP contribution in [0, 0.1) is 0 Å². The molecule has 0 aliphatic heterocycles. The van der Waals surface area contributed by atoms with E-state index in [1.54, 1.807) is 18.6 Å². The molecule has 2 aromatic heterocycles. The Balaban J connectivity index is 1.83. The van der Waals surface area contributed by atoms with E-state index < -0.39 is 0 Å². The number of hydrogen-bond donors (Lipinski definition) is 2. The first-order valence-corrected chi connectivity index (χ1v) is 5.98. The predicted molar refractivity (Wildman–Crippen MR) is 74.0 cm³/mol. The Kier molecular flexibility index (Phi) is 3.20. The van der Waals surface area contributed by atoms with Crippen molar-refractivity contribution in [3.63, 3.8) is 0 Å². The monoisotopic (exact) mass is 265 g/mol. The van der Waals surface area contributed by atoms with Crippen molar-refractivity contribution in [2.24, 2.45) is 0 Å². The highest BCUT2D eigenvalue weighted by Crippen LogP contribution is 2.21. The molecule has 98 valence electrons. The first kappa shape index (κ1) is 12.0. The van der Waals surface area contributed by atoms with Crippen molar-refractivity contribution in [2.75, 3.05) is 5.32 Å². The molecule has 0 saturated carbocycles. The minimum atomic E-state index is -0.208. The van der Waals surface area contributed by atoms with Gasteiger partial charge < -0.3 is 5.32 Å². The number of nitrogens with one attached hydrogen (secondary N) is 2. The average Bonchev–Trinajstić information content (AvgIpc) is 3.03. The van der Waals surface area contributed by atoms with Crippen LogP contribution < -0.4 is 5.32 Å². The van der Waals surface area contributed by atoms with Gasteiger partial charge in [-0.3, -0.25) is 9.89 Å². The maximum atomic E-state index is 11.9. The molecule has 6 heteroatoms. The highest BCUT2D eigenvalue weighted by molar-refractivity contribution is 6.04. The Morgan fingerprint density at radius 2 is 1.95 bits per heavy atom. The number of nitrogens with zero attached hydrogens (tertiary/aromatic N) is 3. The summed E-state index contributed by atoms with van der Waals surface area (Å²) in [7, 11) is 0. The molecule has 1 aromatic carbocycles. The Morgan fingerprint density at radius 3 is 2.70 bits per heavy atom. The van der Waals surface area contributed by atoms with Gasteiger partial charge in [-0.15, -0.1) is 0 Å². The summed E-state index contributed by atoms with van der Waals surface area (Å²) in [5.74, 6) is -0.208. The summed E-state index contributed by atoms with van der Waals surface area (Å²) in [6.07, 6.45) is 7.95. The molecule has 3 aromatic rings. The molecule has 1 amide bonds. The van der Waals surface area contributed by atoms with Crippen LogP contribution in [0.3, 0.4) is 0 Å². The van der Waals surface area contributed by atoms with Gasteiger partial charge in [-0.25, -0.2) is 9.97 Å². The third kappa shape index (κ3) is 2.54. The Morgan fingerprint density at radius 1 is 1.10 bits per heavy atom. The van der Waals surface area contributed by atoms with Crippen molar-refractivity contribution in [1.82, 2.24) is 20.2 Å². The molecular formula is C14H11N5O. The second-order valence-electron chi connectivity index (χ2n) is 4.15. The normalized spacial score (nSPS) is 10.2. The van der Waals surface area contributed by atoms with Gasteiger partial charge in [0, 0.05) is 29.8 Å². The zero-order chi connectivity index (χ0) is 13.8. The summed E-state index contributed by atoms with van der Waals surface area (Å²) in [4.78, 5) is 19.9. The first-order valence-electron chi connectivity index (χ1n) is 5.98. The van der Waals surface area contributed by atoms with Crippen molar-refractivity contribution in [3.05, 3.63) is 60.9 Å². The van der Waals surface area contributed by atoms with E-state index in [0.29, 0.717) is 11.3 Å². The molecular weight excluding hydrogens is 254 g/mol. The maximum absolute atomic E-state index is 11.9. The van der Waals surface area contributed by atoms with E-state index in [-0.39, 0.29) is 5.91 Å². The second-order valence-corrected chi connectivity index (χ2v) is 4.15. The molecule has 0 aliphatic rings. The van der Waals surface area contributed by atoms with Crippen LogP contribution in [-0.2, 0) is 0 Å². The Bertz CT molecular complexity index is 709. The standard InChI is InChI=1S/C14H11N5O/c20-14(12-7-17-18-8-12)19-13-3-1-2-10(4-13)11-5-15-9-16-6-11/h1-9H,(H,17,18)(H,19,20). The van der Waals surface area contributed by atoms with Crippen LogP contribution in [0.5, 0.6) is 0 Å². The molecule has 0 spiro atoms. The zero-order valence-electron chi connectivity index (χ0n) is 10.4. The minimum Gasteiger partial charge on any atom is -0.322 e. The molecule has 6 nitrogen and oxygen atoms in total. The van der Waals surface area contributed by atoms with E-state index in [2.05, 4.69) is 25.5 Å². The van der Waals surface area contributed by atoms with Gasteiger partial charge in [0.05, 0.1) is 11.8 Å². The van der Waals surface area contributed by atoms with Crippen LogP contribution in [0.2, 0.25) is 0 Å². The van der Waals surface area contributed by atoms with Crippen LogP contribution in [0.25, 0.3) is 11.1 Å². The fourth-order valence-corrected chi connectivity index (χ4v) is 1.80. The number of carbonyl (C=O) groups excluding carboxylic acids is 1. The van der Waals surface area contributed by atoms with E-state index in [4.69, 9.17) is 0 Å².